The molecule has 0 aliphatic carbocycles. The number of halogens is 1. The second kappa shape index (κ2) is 8.80. The van der Waals surface area contributed by atoms with Crippen LogP contribution < -0.4 is 0 Å². The average molecular weight is 351 g/mol. The van der Waals surface area contributed by atoms with Crippen LogP contribution in [-0.4, -0.2) is 73.1 Å². The van der Waals surface area contributed by atoms with Crippen molar-refractivity contribution in [3.8, 4) is 0 Å². The van der Waals surface area contributed by atoms with Crippen LogP contribution in [0.2, 0.25) is 0 Å². The van der Waals surface area contributed by atoms with Crippen LogP contribution in [0, 0.1) is 5.82 Å². The standard InChI is InChI=1S/C18H26FN3O3/c1-4-22(14(2)15-5-7-16(19)8-6-15)17(23)13-20-9-11-21(12-10-20)18(24)25-3/h5-8,14H,4,9-13H2,1-3H3. The number of carbonyl (C=O) groups excluding carboxylic acids is 2. The van der Waals surface area contributed by atoms with Crippen molar-refractivity contribution in [3.05, 3.63) is 35.6 Å². The van der Waals surface area contributed by atoms with Crippen LogP contribution in [-0.2, 0) is 9.53 Å². The molecule has 138 valence electrons. The van der Waals surface area contributed by atoms with Crippen molar-refractivity contribution in [3.63, 3.8) is 0 Å². The number of nitrogens with zero attached hydrogens (tertiary/aromatic N) is 3. The third kappa shape index (κ3) is 4.92. The van der Waals surface area contributed by atoms with Crippen molar-refractivity contribution in [1.29, 1.82) is 0 Å². The molecule has 0 N–H and O–H groups in total. The van der Waals surface area contributed by atoms with Crippen LogP contribution in [0.1, 0.15) is 25.5 Å². The van der Waals surface area contributed by atoms with E-state index in [4.69, 9.17) is 4.74 Å². The molecule has 25 heavy (non-hydrogen) atoms. The predicted molar refractivity (Wildman–Crippen MR) is 92.6 cm³/mol. The second-order valence-electron chi connectivity index (χ2n) is 6.14. The molecule has 1 fully saturated rings. The Bertz CT molecular complexity index is 586. The Morgan fingerprint density at radius 3 is 2.32 bits per heavy atom. The van der Waals surface area contributed by atoms with Gasteiger partial charge in [-0.05, 0) is 31.5 Å². The number of amides is 2. The number of benzene rings is 1. The van der Waals surface area contributed by atoms with Gasteiger partial charge in [-0.15, -0.1) is 0 Å². The van der Waals surface area contributed by atoms with Crippen molar-refractivity contribution >= 4 is 12.0 Å². The van der Waals surface area contributed by atoms with Gasteiger partial charge in [0.15, 0.2) is 0 Å². The molecule has 1 aromatic carbocycles. The lowest BCUT2D eigenvalue weighted by Gasteiger charge is -2.35. The molecule has 0 radical (unpaired) electrons. The topological polar surface area (TPSA) is 53.1 Å². The SMILES string of the molecule is CCN(C(=O)CN1CCN(C(=O)OC)CC1)C(C)c1ccc(F)cc1. The molecule has 1 atom stereocenters. The van der Waals surface area contributed by atoms with Gasteiger partial charge in [-0.1, -0.05) is 12.1 Å². The number of piperazine rings is 1. The number of likely N-dealkylation sites (N-methyl/N-ethyl adjacent to an activating group) is 1. The van der Waals surface area contributed by atoms with Crippen molar-refractivity contribution < 1.29 is 18.7 Å². The molecule has 0 aromatic heterocycles. The highest BCUT2D eigenvalue weighted by molar-refractivity contribution is 5.78. The van der Waals surface area contributed by atoms with E-state index in [9.17, 15) is 14.0 Å². The first-order valence-electron chi connectivity index (χ1n) is 8.56. The van der Waals surface area contributed by atoms with Gasteiger partial charge in [0.05, 0.1) is 19.7 Å². The first-order valence-corrected chi connectivity index (χ1v) is 8.56. The van der Waals surface area contributed by atoms with Gasteiger partial charge in [-0.3, -0.25) is 9.69 Å². The minimum absolute atomic E-state index is 0.0332. The fourth-order valence-corrected chi connectivity index (χ4v) is 3.09. The zero-order chi connectivity index (χ0) is 18.4. The molecule has 7 heteroatoms. The summed E-state index contributed by atoms with van der Waals surface area (Å²) in [4.78, 5) is 29.7. The van der Waals surface area contributed by atoms with Gasteiger partial charge in [0, 0.05) is 32.7 Å². The number of hydrogen-bond donors (Lipinski definition) is 0. The molecular formula is C18H26FN3O3. The van der Waals surface area contributed by atoms with Crippen molar-refractivity contribution in [1.82, 2.24) is 14.7 Å². The zero-order valence-electron chi connectivity index (χ0n) is 15.1. The van der Waals surface area contributed by atoms with Gasteiger partial charge in [-0.25, -0.2) is 9.18 Å². The molecule has 1 saturated heterocycles. The summed E-state index contributed by atoms with van der Waals surface area (Å²) in [6.45, 7) is 7.18. The predicted octanol–water partition coefficient (Wildman–Crippen LogP) is 2.12. The minimum atomic E-state index is -0.328. The summed E-state index contributed by atoms with van der Waals surface area (Å²) < 4.78 is 17.8. The van der Waals surface area contributed by atoms with E-state index in [1.54, 1.807) is 21.9 Å². The fourth-order valence-electron chi connectivity index (χ4n) is 3.09. The summed E-state index contributed by atoms with van der Waals surface area (Å²) in [7, 11) is 1.37. The molecule has 2 rings (SSSR count). The fraction of sp³-hybridized carbons (Fsp3) is 0.556. The van der Waals surface area contributed by atoms with Crippen LogP contribution in [0.25, 0.3) is 0 Å². The highest BCUT2D eigenvalue weighted by Crippen LogP contribution is 2.20. The summed E-state index contributed by atoms with van der Waals surface area (Å²) in [6, 6.07) is 6.14. The molecule has 1 aliphatic rings. The zero-order valence-corrected chi connectivity index (χ0v) is 15.1. The van der Waals surface area contributed by atoms with Crippen molar-refractivity contribution in [2.45, 2.75) is 19.9 Å². The quantitative estimate of drug-likeness (QED) is 0.815. The Morgan fingerprint density at radius 1 is 1.20 bits per heavy atom. The van der Waals surface area contributed by atoms with E-state index in [0.717, 1.165) is 5.56 Å². The first kappa shape index (κ1) is 19.2. The van der Waals surface area contributed by atoms with Gasteiger partial charge < -0.3 is 14.5 Å². The van der Waals surface area contributed by atoms with Gasteiger partial charge in [-0.2, -0.15) is 0 Å². The molecular weight excluding hydrogens is 325 g/mol. The Morgan fingerprint density at radius 2 is 1.80 bits per heavy atom. The van der Waals surface area contributed by atoms with Crippen molar-refractivity contribution in [2.24, 2.45) is 0 Å². The summed E-state index contributed by atoms with van der Waals surface area (Å²) in [6.07, 6.45) is -0.328. The lowest BCUT2D eigenvalue weighted by molar-refractivity contribution is -0.134. The number of methoxy groups -OCH3 is 1. The average Bonchev–Trinajstić information content (AvgIpc) is 2.62. The largest absolute Gasteiger partial charge is 0.453 e. The van der Waals surface area contributed by atoms with Gasteiger partial charge in [0.2, 0.25) is 5.91 Å². The van der Waals surface area contributed by atoms with E-state index in [1.165, 1.54) is 19.2 Å². The van der Waals surface area contributed by atoms with Crippen molar-refractivity contribution in [2.75, 3.05) is 46.4 Å². The monoisotopic (exact) mass is 351 g/mol. The summed E-state index contributed by atoms with van der Waals surface area (Å²) in [5, 5.41) is 0. The summed E-state index contributed by atoms with van der Waals surface area (Å²) in [5.74, 6) is -0.250. The molecule has 1 aromatic rings. The Balaban J connectivity index is 1.92. The van der Waals surface area contributed by atoms with Gasteiger partial charge in [0.25, 0.3) is 0 Å². The van der Waals surface area contributed by atoms with E-state index in [0.29, 0.717) is 39.3 Å². The van der Waals surface area contributed by atoms with Crippen LogP contribution in [0.5, 0.6) is 0 Å². The number of ether oxygens (including phenoxy) is 1. The molecule has 0 spiro atoms. The number of carbonyl (C=O) groups is 2. The molecule has 0 saturated carbocycles. The van der Waals surface area contributed by atoms with Crippen LogP contribution in [0.4, 0.5) is 9.18 Å². The maximum atomic E-state index is 13.1. The van der Waals surface area contributed by atoms with Crippen LogP contribution in [0.3, 0.4) is 0 Å². The number of rotatable bonds is 5. The molecule has 1 aliphatic heterocycles. The van der Waals surface area contributed by atoms with Gasteiger partial charge in [0.1, 0.15) is 5.82 Å². The Hall–Kier alpha value is -2.15. The minimum Gasteiger partial charge on any atom is -0.453 e. The normalized spacial score (nSPS) is 16.4. The smallest absolute Gasteiger partial charge is 0.409 e. The molecule has 1 heterocycles. The molecule has 1 unspecified atom stereocenters. The molecule has 0 bridgehead atoms. The summed E-state index contributed by atoms with van der Waals surface area (Å²) >= 11 is 0. The second-order valence-corrected chi connectivity index (χ2v) is 6.14. The van der Waals surface area contributed by atoms with E-state index in [2.05, 4.69) is 0 Å². The van der Waals surface area contributed by atoms with Crippen LogP contribution >= 0.6 is 0 Å². The maximum absolute atomic E-state index is 13.1. The highest BCUT2D eigenvalue weighted by Gasteiger charge is 2.26. The third-order valence-corrected chi connectivity index (χ3v) is 4.64. The van der Waals surface area contributed by atoms with Crippen LogP contribution in [0.15, 0.2) is 24.3 Å². The van der Waals surface area contributed by atoms with E-state index in [1.807, 2.05) is 18.7 Å². The number of hydrogen-bond acceptors (Lipinski definition) is 4. The summed E-state index contributed by atoms with van der Waals surface area (Å²) in [5.41, 5.74) is 0.909. The van der Waals surface area contributed by atoms with Gasteiger partial charge >= 0.3 is 6.09 Å². The Labute approximate surface area is 148 Å². The maximum Gasteiger partial charge on any atom is 0.409 e. The molecule has 2 amide bonds. The molecule has 6 nitrogen and oxygen atoms in total. The lowest BCUT2D eigenvalue weighted by atomic mass is 10.1. The lowest BCUT2D eigenvalue weighted by Crippen LogP contribution is -2.51. The third-order valence-electron chi connectivity index (χ3n) is 4.64. The van der Waals surface area contributed by atoms with E-state index >= 15 is 0 Å². The first-order chi connectivity index (χ1) is 12.0. The highest BCUT2D eigenvalue weighted by atomic mass is 19.1. The Kier molecular flexibility index (Phi) is 6.75. The van der Waals surface area contributed by atoms with E-state index < -0.39 is 0 Å². The van der Waals surface area contributed by atoms with E-state index in [-0.39, 0.29) is 23.9 Å².